The highest BCUT2D eigenvalue weighted by Gasteiger charge is 2.06. The molecule has 0 saturated carbocycles. The Kier molecular flexibility index (Phi) is 4.76. The summed E-state index contributed by atoms with van der Waals surface area (Å²) in [5.41, 5.74) is 5.42. The number of aromatic nitrogens is 3. The highest BCUT2D eigenvalue weighted by Crippen LogP contribution is 2.26. The normalized spacial score (nSPS) is 10.5. The van der Waals surface area contributed by atoms with Crippen LogP contribution in [0, 0.1) is 20.8 Å². The van der Waals surface area contributed by atoms with Crippen LogP contribution < -0.4 is 10.6 Å². The molecular formula is C18H18BrN5. The van der Waals surface area contributed by atoms with Crippen molar-refractivity contribution in [2.75, 3.05) is 10.6 Å². The van der Waals surface area contributed by atoms with Gasteiger partial charge in [-0.15, -0.1) is 5.10 Å². The van der Waals surface area contributed by atoms with Gasteiger partial charge in [-0.25, -0.2) is 0 Å². The van der Waals surface area contributed by atoms with E-state index in [-0.39, 0.29) is 0 Å². The van der Waals surface area contributed by atoms with Crippen molar-refractivity contribution >= 4 is 39.1 Å². The Balaban J connectivity index is 1.82. The van der Waals surface area contributed by atoms with Gasteiger partial charge in [0, 0.05) is 10.2 Å². The van der Waals surface area contributed by atoms with Gasteiger partial charge in [-0.3, -0.25) is 0 Å². The Morgan fingerprint density at radius 1 is 0.875 bits per heavy atom. The van der Waals surface area contributed by atoms with Gasteiger partial charge >= 0.3 is 0 Å². The predicted octanol–water partition coefficient (Wildman–Crippen LogP) is 5.05. The summed E-state index contributed by atoms with van der Waals surface area (Å²) in [5.74, 6) is 1.08. The van der Waals surface area contributed by atoms with E-state index in [0.717, 1.165) is 21.4 Å². The number of anilines is 4. The monoisotopic (exact) mass is 383 g/mol. The number of hydrogen-bond donors (Lipinski definition) is 2. The lowest BCUT2D eigenvalue weighted by Gasteiger charge is -2.11. The van der Waals surface area contributed by atoms with Gasteiger partial charge in [-0.2, -0.15) is 10.1 Å². The third-order valence-corrected chi connectivity index (χ3v) is 4.24. The van der Waals surface area contributed by atoms with Gasteiger partial charge in [0.15, 0.2) is 5.82 Å². The van der Waals surface area contributed by atoms with Crippen LogP contribution in [0.25, 0.3) is 0 Å². The molecule has 0 spiro atoms. The van der Waals surface area contributed by atoms with Crippen molar-refractivity contribution in [3.05, 3.63) is 63.8 Å². The summed E-state index contributed by atoms with van der Waals surface area (Å²) in [7, 11) is 0. The van der Waals surface area contributed by atoms with Gasteiger partial charge in [-0.05, 0) is 71.6 Å². The first-order chi connectivity index (χ1) is 11.5. The first-order valence-electron chi connectivity index (χ1n) is 7.58. The fraction of sp³-hybridized carbons (Fsp3) is 0.167. The van der Waals surface area contributed by atoms with Gasteiger partial charge in [0.2, 0.25) is 5.95 Å². The van der Waals surface area contributed by atoms with Crippen molar-refractivity contribution in [1.29, 1.82) is 0 Å². The largest absolute Gasteiger partial charge is 0.339 e. The molecule has 0 amide bonds. The molecule has 5 nitrogen and oxygen atoms in total. The topological polar surface area (TPSA) is 62.7 Å². The summed E-state index contributed by atoms with van der Waals surface area (Å²) in [6.45, 7) is 6.16. The van der Waals surface area contributed by atoms with E-state index in [1.54, 1.807) is 6.20 Å². The molecule has 0 radical (unpaired) electrons. The van der Waals surface area contributed by atoms with Crippen LogP contribution in [0.5, 0.6) is 0 Å². The summed E-state index contributed by atoms with van der Waals surface area (Å²) >= 11 is 3.54. The maximum atomic E-state index is 4.48. The molecule has 0 unspecified atom stereocenters. The zero-order chi connectivity index (χ0) is 17.1. The number of aryl methyl sites for hydroxylation is 3. The Labute approximate surface area is 149 Å². The van der Waals surface area contributed by atoms with E-state index in [1.807, 2.05) is 25.1 Å². The summed E-state index contributed by atoms with van der Waals surface area (Å²) in [6.07, 6.45) is 1.61. The molecule has 122 valence electrons. The third kappa shape index (κ3) is 3.89. The lowest BCUT2D eigenvalue weighted by Crippen LogP contribution is -2.03. The van der Waals surface area contributed by atoms with E-state index in [4.69, 9.17) is 0 Å². The molecular weight excluding hydrogens is 366 g/mol. The number of nitrogens with one attached hydrogen (secondary N) is 2. The molecule has 1 aromatic heterocycles. The van der Waals surface area contributed by atoms with E-state index in [9.17, 15) is 0 Å². The van der Waals surface area contributed by atoms with Gasteiger partial charge in [-0.1, -0.05) is 18.2 Å². The van der Waals surface area contributed by atoms with Crippen LogP contribution >= 0.6 is 15.9 Å². The van der Waals surface area contributed by atoms with Crippen molar-refractivity contribution in [1.82, 2.24) is 15.2 Å². The van der Waals surface area contributed by atoms with Gasteiger partial charge < -0.3 is 10.6 Å². The first kappa shape index (κ1) is 16.4. The molecule has 0 aliphatic heterocycles. The van der Waals surface area contributed by atoms with Gasteiger partial charge in [0.25, 0.3) is 0 Å². The van der Waals surface area contributed by atoms with Crippen LogP contribution in [0.1, 0.15) is 16.7 Å². The number of benzene rings is 2. The zero-order valence-corrected chi connectivity index (χ0v) is 15.3. The molecule has 3 rings (SSSR count). The smallest absolute Gasteiger partial charge is 0.249 e. The molecule has 0 fully saturated rings. The standard InChI is InChI=1S/C18H18BrN5/c1-11-5-7-15(14(19)8-11)22-18-23-17(10-20-24-18)21-16-9-12(2)4-6-13(16)3/h4-10H,1-3H3,(H2,21,22,23,24). The number of rotatable bonds is 4. The summed E-state index contributed by atoms with van der Waals surface area (Å²) in [4.78, 5) is 4.48. The minimum atomic E-state index is 0.440. The molecule has 1 heterocycles. The second kappa shape index (κ2) is 6.97. The SMILES string of the molecule is Cc1ccc(Nc2nncc(Nc3cc(C)ccc3C)n2)c(Br)c1. The maximum absolute atomic E-state index is 4.48. The zero-order valence-electron chi connectivity index (χ0n) is 13.8. The second-order valence-electron chi connectivity index (χ2n) is 5.72. The van der Waals surface area contributed by atoms with Crippen LogP contribution in [-0.2, 0) is 0 Å². The number of halogens is 1. The first-order valence-corrected chi connectivity index (χ1v) is 8.38. The average Bonchev–Trinajstić information content (AvgIpc) is 2.54. The van der Waals surface area contributed by atoms with Crippen LogP contribution in [0.3, 0.4) is 0 Å². The molecule has 2 aromatic carbocycles. The Bertz CT molecular complexity index is 879. The Morgan fingerprint density at radius 2 is 1.62 bits per heavy atom. The van der Waals surface area contributed by atoms with Crippen LogP contribution in [-0.4, -0.2) is 15.2 Å². The average molecular weight is 384 g/mol. The van der Waals surface area contributed by atoms with Gasteiger partial charge in [0.05, 0.1) is 11.9 Å². The number of nitrogens with zero attached hydrogens (tertiary/aromatic N) is 3. The van der Waals surface area contributed by atoms with Crippen molar-refractivity contribution in [3.8, 4) is 0 Å². The summed E-state index contributed by atoms with van der Waals surface area (Å²) in [5, 5.41) is 14.5. The van der Waals surface area contributed by atoms with E-state index in [0.29, 0.717) is 11.8 Å². The minimum absolute atomic E-state index is 0.440. The molecule has 3 aromatic rings. The summed E-state index contributed by atoms with van der Waals surface area (Å²) in [6, 6.07) is 12.3. The second-order valence-corrected chi connectivity index (χ2v) is 6.57. The lowest BCUT2D eigenvalue weighted by molar-refractivity contribution is 0.981. The fourth-order valence-corrected chi connectivity index (χ4v) is 2.86. The number of hydrogen-bond acceptors (Lipinski definition) is 5. The third-order valence-electron chi connectivity index (χ3n) is 3.59. The van der Waals surface area contributed by atoms with E-state index >= 15 is 0 Å². The predicted molar refractivity (Wildman–Crippen MR) is 101 cm³/mol. The molecule has 0 atom stereocenters. The lowest BCUT2D eigenvalue weighted by atomic mass is 10.1. The van der Waals surface area contributed by atoms with Gasteiger partial charge in [0.1, 0.15) is 0 Å². The Hall–Kier alpha value is -2.47. The highest BCUT2D eigenvalue weighted by atomic mass is 79.9. The molecule has 6 heteroatoms. The molecule has 0 aliphatic rings. The summed E-state index contributed by atoms with van der Waals surface area (Å²) < 4.78 is 0.957. The van der Waals surface area contributed by atoms with E-state index in [2.05, 4.69) is 73.8 Å². The molecule has 24 heavy (non-hydrogen) atoms. The fourth-order valence-electron chi connectivity index (χ4n) is 2.27. The molecule has 0 aliphatic carbocycles. The van der Waals surface area contributed by atoms with Crippen LogP contribution in [0.4, 0.5) is 23.1 Å². The van der Waals surface area contributed by atoms with Crippen LogP contribution in [0.15, 0.2) is 47.1 Å². The van der Waals surface area contributed by atoms with Crippen molar-refractivity contribution in [2.45, 2.75) is 20.8 Å². The molecule has 2 N–H and O–H groups in total. The van der Waals surface area contributed by atoms with E-state index < -0.39 is 0 Å². The van der Waals surface area contributed by atoms with Crippen molar-refractivity contribution in [3.63, 3.8) is 0 Å². The van der Waals surface area contributed by atoms with Crippen LogP contribution in [0.2, 0.25) is 0 Å². The molecule has 0 bridgehead atoms. The maximum Gasteiger partial charge on any atom is 0.249 e. The van der Waals surface area contributed by atoms with E-state index in [1.165, 1.54) is 11.1 Å². The minimum Gasteiger partial charge on any atom is -0.339 e. The van der Waals surface area contributed by atoms with Crippen molar-refractivity contribution in [2.24, 2.45) is 0 Å². The Morgan fingerprint density at radius 3 is 2.42 bits per heavy atom. The molecule has 0 saturated heterocycles. The highest BCUT2D eigenvalue weighted by molar-refractivity contribution is 9.10. The van der Waals surface area contributed by atoms with Crippen molar-refractivity contribution < 1.29 is 0 Å². The quantitative estimate of drug-likeness (QED) is 0.659.